The molecule has 1 fully saturated rings. The summed E-state index contributed by atoms with van der Waals surface area (Å²) < 4.78 is 0.919. The molecule has 1 heterocycles. The van der Waals surface area contributed by atoms with Gasteiger partial charge in [-0.25, -0.2) is 0 Å². The summed E-state index contributed by atoms with van der Waals surface area (Å²) >= 11 is 7.71. The lowest BCUT2D eigenvalue weighted by Crippen LogP contribution is -2.31. The molecular formula is C12H18ClNS. The van der Waals surface area contributed by atoms with E-state index < -0.39 is 0 Å². The molecule has 1 nitrogen and oxygen atoms in total. The molecule has 0 atom stereocenters. The Labute approximate surface area is 101 Å². The Kier molecular flexibility index (Phi) is 3.70. The number of nitrogens with one attached hydrogen (secondary N) is 1. The van der Waals surface area contributed by atoms with Gasteiger partial charge in [-0.3, -0.25) is 0 Å². The van der Waals surface area contributed by atoms with E-state index in [0.29, 0.717) is 5.41 Å². The molecule has 0 unspecified atom stereocenters. The third kappa shape index (κ3) is 2.74. The van der Waals surface area contributed by atoms with Crippen molar-refractivity contribution in [3.05, 3.63) is 21.3 Å². The predicted octanol–water partition coefficient (Wildman–Crippen LogP) is 3.72. The van der Waals surface area contributed by atoms with Crippen LogP contribution in [0.3, 0.4) is 0 Å². The van der Waals surface area contributed by atoms with Crippen molar-refractivity contribution in [1.29, 1.82) is 0 Å². The van der Waals surface area contributed by atoms with E-state index in [1.54, 1.807) is 11.3 Å². The van der Waals surface area contributed by atoms with Crippen LogP contribution >= 0.6 is 22.9 Å². The smallest absolute Gasteiger partial charge is 0.0931 e. The van der Waals surface area contributed by atoms with Crippen molar-refractivity contribution >= 4 is 22.9 Å². The molecule has 2 rings (SSSR count). The predicted molar refractivity (Wildman–Crippen MR) is 67.9 cm³/mol. The fourth-order valence-corrected chi connectivity index (χ4v) is 3.99. The Morgan fingerprint density at radius 3 is 2.67 bits per heavy atom. The molecule has 0 aromatic carbocycles. The average molecular weight is 244 g/mol. The number of hydrogen-bond donors (Lipinski definition) is 1. The fraction of sp³-hybridized carbons (Fsp3) is 0.667. The van der Waals surface area contributed by atoms with Crippen LogP contribution in [0.1, 0.15) is 30.6 Å². The van der Waals surface area contributed by atoms with Gasteiger partial charge in [0, 0.05) is 11.4 Å². The van der Waals surface area contributed by atoms with Crippen LogP contribution < -0.4 is 5.32 Å². The molecule has 1 aromatic heterocycles. The topological polar surface area (TPSA) is 12.0 Å². The summed E-state index contributed by atoms with van der Waals surface area (Å²) in [5, 5.41) is 3.35. The van der Waals surface area contributed by atoms with Crippen LogP contribution in [0.5, 0.6) is 0 Å². The van der Waals surface area contributed by atoms with Crippen molar-refractivity contribution in [2.75, 3.05) is 13.6 Å². The lowest BCUT2D eigenvalue weighted by atomic mass is 9.82. The molecule has 0 bridgehead atoms. The number of rotatable bonds is 4. The van der Waals surface area contributed by atoms with Crippen molar-refractivity contribution < 1.29 is 0 Å². The van der Waals surface area contributed by atoms with Gasteiger partial charge < -0.3 is 5.32 Å². The molecule has 1 aliphatic carbocycles. The molecule has 1 saturated carbocycles. The van der Waals surface area contributed by atoms with Crippen molar-refractivity contribution in [2.45, 2.75) is 32.1 Å². The van der Waals surface area contributed by atoms with Crippen LogP contribution in [0.4, 0.5) is 0 Å². The monoisotopic (exact) mass is 243 g/mol. The molecule has 1 aliphatic rings. The van der Waals surface area contributed by atoms with Gasteiger partial charge in [0.05, 0.1) is 4.34 Å². The molecule has 15 heavy (non-hydrogen) atoms. The summed E-state index contributed by atoms with van der Waals surface area (Å²) in [7, 11) is 2.06. The summed E-state index contributed by atoms with van der Waals surface area (Å²) in [6.07, 6.45) is 6.71. The second-order valence-electron chi connectivity index (χ2n) is 4.62. The molecule has 1 N–H and O–H groups in total. The molecule has 3 heteroatoms. The van der Waals surface area contributed by atoms with Crippen LogP contribution in [0.25, 0.3) is 0 Å². The second kappa shape index (κ2) is 4.86. The number of thiophene rings is 1. The zero-order chi connectivity index (χ0) is 10.7. The van der Waals surface area contributed by atoms with Gasteiger partial charge in [0.25, 0.3) is 0 Å². The zero-order valence-electron chi connectivity index (χ0n) is 9.18. The van der Waals surface area contributed by atoms with Crippen LogP contribution in [-0.2, 0) is 6.42 Å². The van der Waals surface area contributed by atoms with Crippen molar-refractivity contribution in [3.63, 3.8) is 0 Å². The van der Waals surface area contributed by atoms with Gasteiger partial charge >= 0.3 is 0 Å². The Morgan fingerprint density at radius 2 is 2.13 bits per heavy atom. The SMILES string of the molecule is CNCC1(Cc2ccc(Cl)s2)CCCC1. The minimum Gasteiger partial charge on any atom is -0.319 e. The van der Waals surface area contributed by atoms with Gasteiger partial charge in [0.15, 0.2) is 0 Å². The Balaban J connectivity index is 2.06. The van der Waals surface area contributed by atoms with E-state index in [1.165, 1.54) is 37.0 Å². The van der Waals surface area contributed by atoms with Gasteiger partial charge in [-0.05, 0) is 43.9 Å². The minimum absolute atomic E-state index is 0.503. The summed E-state index contributed by atoms with van der Waals surface area (Å²) in [4.78, 5) is 1.44. The average Bonchev–Trinajstić information content (AvgIpc) is 2.78. The highest BCUT2D eigenvalue weighted by Crippen LogP contribution is 2.41. The summed E-state index contributed by atoms with van der Waals surface area (Å²) in [5.74, 6) is 0. The highest BCUT2D eigenvalue weighted by atomic mass is 35.5. The number of halogens is 1. The van der Waals surface area contributed by atoms with Gasteiger partial charge in [0.1, 0.15) is 0 Å². The van der Waals surface area contributed by atoms with Crippen LogP contribution in [0.2, 0.25) is 4.34 Å². The van der Waals surface area contributed by atoms with Crippen molar-refractivity contribution in [1.82, 2.24) is 5.32 Å². The normalized spacial score (nSPS) is 19.6. The van der Waals surface area contributed by atoms with E-state index in [-0.39, 0.29) is 0 Å². The molecule has 0 saturated heterocycles. The van der Waals surface area contributed by atoms with Gasteiger partial charge in [-0.2, -0.15) is 0 Å². The molecular weight excluding hydrogens is 226 g/mol. The first-order valence-corrected chi connectivity index (χ1v) is 6.82. The van der Waals surface area contributed by atoms with Crippen LogP contribution in [0.15, 0.2) is 12.1 Å². The van der Waals surface area contributed by atoms with Gasteiger partial charge in [-0.1, -0.05) is 24.4 Å². The maximum Gasteiger partial charge on any atom is 0.0931 e. The first-order chi connectivity index (χ1) is 7.24. The van der Waals surface area contributed by atoms with E-state index in [2.05, 4.69) is 18.4 Å². The summed E-state index contributed by atoms with van der Waals surface area (Å²) in [6, 6.07) is 4.20. The third-order valence-corrected chi connectivity index (χ3v) is 4.63. The molecule has 1 aromatic rings. The minimum atomic E-state index is 0.503. The Bertz CT molecular complexity index is 315. The molecule has 0 aliphatic heterocycles. The van der Waals surface area contributed by atoms with Gasteiger partial charge in [-0.15, -0.1) is 11.3 Å². The lowest BCUT2D eigenvalue weighted by molar-refractivity contribution is 0.288. The lowest BCUT2D eigenvalue weighted by Gasteiger charge is -2.28. The maximum absolute atomic E-state index is 5.97. The highest BCUT2D eigenvalue weighted by molar-refractivity contribution is 7.16. The van der Waals surface area contributed by atoms with Crippen molar-refractivity contribution in [3.8, 4) is 0 Å². The first kappa shape index (κ1) is 11.4. The van der Waals surface area contributed by atoms with Gasteiger partial charge in [0.2, 0.25) is 0 Å². The highest BCUT2D eigenvalue weighted by Gasteiger charge is 2.33. The third-order valence-electron chi connectivity index (χ3n) is 3.39. The summed E-state index contributed by atoms with van der Waals surface area (Å²) in [6.45, 7) is 1.14. The zero-order valence-corrected chi connectivity index (χ0v) is 10.8. The molecule has 0 spiro atoms. The van der Waals surface area contributed by atoms with E-state index in [9.17, 15) is 0 Å². The summed E-state index contributed by atoms with van der Waals surface area (Å²) in [5.41, 5.74) is 0.503. The molecule has 0 amide bonds. The van der Waals surface area contributed by atoms with Crippen LogP contribution in [0, 0.1) is 5.41 Å². The van der Waals surface area contributed by atoms with Crippen molar-refractivity contribution in [2.24, 2.45) is 5.41 Å². The quantitative estimate of drug-likeness (QED) is 0.850. The van der Waals surface area contributed by atoms with E-state index in [1.807, 2.05) is 6.07 Å². The molecule has 84 valence electrons. The maximum atomic E-state index is 5.97. The fourth-order valence-electron chi connectivity index (χ4n) is 2.73. The van der Waals surface area contributed by atoms with E-state index in [4.69, 9.17) is 11.6 Å². The van der Waals surface area contributed by atoms with E-state index >= 15 is 0 Å². The first-order valence-electron chi connectivity index (χ1n) is 5.63. The van der Waals surface area contributed by atoms with Crippen LogP contribution in [-0.4, -0.2) is 13.6 Å². The molecule has 0 radical (unpaired) electrons. The Hall–Kier alpha value is -0.0500. The largest absolute Gasteiger partial charge is 0.319 e. The standard InChI is InChI=1S/C12H18ClNS/c1-14-9-12(6-2-3-7-12)8-10-4-5-11(13)15-10/h4-5,14H,2-3,6-9H2,1H3. The number of hydrogen-bond acceptors (Lipinski definition) is 2. The van der Waals surface area contributed by atoms with E-state index in [0.717, 1.165) is 10.9 Å². The Morgan fingerprint density at radius 1 is 1.40 bits per heavy atom. The second-order valence-corrected chi connectivity index (χ2v) is 6.42.